The zero-order chi connectivity index (χ0) is 24.4. The van der Waals surface area contributed by atoms with E-state index in [4.69, 9.17) is 4.74 Å². The number of aliphatic hydroxyl groups excluding tert-OH is 1. The summed E-state index contributed by atoms with van der Waals surface area (Å²) in [5.74, 6) is -3.38. The van der Waals surface area contributed by atoms with E-state index >= 15 is 0 Å². The van der Waals surface area contributed by atoms with Crippen LogP contribution in [0.1, 0.15) is 45.8 Å². The molecule has 1 amide bonds. The molecule has 1 aromatic heterocycles. The number of amides is 1. The summed E-state index contributed by atoms with van der Waals surface area (Å²) in [6, 6.07) is 4.74. The highest BCUT2D eigenvalue weighted by Crippen LogP contribution is 2.41. The van der Waals surface area contributed by atoms with E-state index in [-0.39, 0.29) is 35.5 Å². The molecule has 8 nitrogen and oxygen atoms in total. The topological polar surface area (TPSA) is 103 Å². The van der Waals surface area contributed by atoms with Crippen LogP contribution in [0.3, 0.4) is 0 Å². The molecule has 1 atom stereocenters. The maximum absolute atomic E-state index is 14.8. The summed E-state index contributed by atoms with van der Waals surface area (Å²) in [5, 5.41) is 11.3. The Morgan fingerprint density at radius 2 is 1.91 bits per heavy atom. The van der Waals surface area contributed by atoms with Crippen molar-refractivity contribution >= 4 is 23.4 Å². The molecule has 1 aliphatic rings. The highest BCUT2D eigenvalue weighted by atomic mass is 19.1. The Hall–Kier alpha value is -3.46. The number of Topliss-reactive ketones (excluding diaryl/α,β-unsaturated/α-hetero) is 1. The lowest BCUT2D eigenvalue weighted by Gasteiger charge is -2.26. The van der Waals surface area contributed by atoms with Crippen LogP contribution in [0, 0.1) is 19.7 Å². The summed E-state index contributed by atoms with van der Waals surface area (Å²) in [7, 11) is 3.64. The van der Waals surface area contributed by atoms with Gasteiger partial charge in [0.05, 0.1) is 18.2 Å². The molecule has 0 aliphatic carbocycles. The van der Waals surface area contributed by atoms with E-state index in [0.29, 0.717) is 17.8 Å². The SMILES string of the molecule is CCOC(=O)c1[nH]c(C)c(/C(O)=C2/C(=O)C(=O)N(CCN(C)C)C2c2ccccc2F)c1C. The van der Waals surface area contributed by atoms with Gasteiger partial charge in [-0.2, -0.15) is 0 Å². The van der Waals surface area contributed by atoms with Gasteiger partial charge in [0.2, 0.25) is 0 Å². The van der Waals surface area contributed by atoms with E-state index in [0.717, 1.165) is 0 Å². The van der Waals surface area contributed by atoms with E-state index < -0.39 is 35.3 Å². The van der Waals surface area contributed by atoms with Crippen molar-refractivity contribution in [1.29, 1.82) is 0 Å². The Bertz CT molecular complexity index is 1140. The third kappa shape index (κ3) is 4.41. The molecule has 1 unspecified atom stereocenters. The molecule has 1 saturated heterocycles. The molecule has 2 N–H and O–H groups in total. The maximum atomic E-state index is 14.8. The smallest absolute Gasteiger partial charge is 0.355 e. The van der Waals surface area contributed by atoms with Crippen LogP contribution < -0.4 is 0 Å². The molecule has 2 heterocycles. The Balaban J connectivity index is 2.22. The molecule has 0 spiro atoms. The molecule has 0 saturated carbocycles. The molecule has 1 aliphatic heterocycles. The monoisotopic (exact) mass is 457 g/mol. The molecule has 0 radical (unpaired) electrons. The van der Waals surface area contributed by atoms with E-state index in [2.05, 4.69) is 4.98 Å². The zero-order valence-electron chi connectivity index (χ0n) is 19.4. The number of ether oxygens (including phenoxy) is 1. The number of likely N-dealkylation sites (tertiary alicyclic amines) is 1. The number of likely N-dealkylation sites (N-methyl/N-ethyl adjacent to an activating group) is 1. The van der Waals surface area contributed by atoms with Gasteiger partial charge in [0.25, 0.3) is 11.7 Å². The Morgan fingerprint density at radius 1 is 1.24 bits per heavy atom. The minimum atomic E-state index is -1.11. The molecule has 9 heteroatoms. The largest absolute Gasteiger partial charge is 0.507 e. The number of hydrogen-bond donors (Lipinski definition) is 2. The lowest BCUT2D eigenvalue weighted by atomic mass is 9.93. The van der Waals surface area contributed by atoms with Crippen molar-refractivity contribution in [3.05, 3.63) is 63.7 Å². The third-order valence-electron chi connectivity index (χ3n) is 5.68. The number of aliphatic hydroxyl groups is 1. The number of halogens is 1. The van der Waals surface area contributed by atoms with E-state index in [1.54, 1.807) is 26.8 Å². The lowest BCUT2D eigenvalue weighted by molar-refractivity contribution is -0.140. The number of benzene rings is 1. The molecule has 0 bridgehead atoms. The van der Waals surface area contributed by atoms with Gasteiger partial charge in [-0.05, 0) is 46.5 Å². The van der Waals surface area contributed by atoms with Crippen LogP contribution in [-0.2, 0) is 14.3 Å². The number of carbonyl (C=O) groups excluding carboxylic acids is 3. The Kier molecular flexibility index (Phi) is 7.02. The van der Waals surface area contributed by atoms with Crippen LogP contribution in [0.4, 0.5) is 4.39 Å². The van der Waals surface area contributed by atoms with Crippen molar-refractivity contribution in [2.75, 3.05) is 33.8 Å². The van der Waals surface area contributed by atoms with Crippen molar-refractivity contribution in [3.63, 3.8) is 0 Å². The van der Waals surface area contributed by atoms with Crippen molar-refractivity contribution < 1.29 is 28.6 Å². The summed E-state index contributed by atoms with van der Waals surface area (Å²) in [6.07, 6.45) is 0. The van der Waals surface area contributed by atoms with Gasteiger partial charge in [0.1, 0.15) is 17.3 Å². The predicted molar refractivity (Wildman–Crippen MR) is 120 cm³/mol. The van der Waals surface area contributed by atoms with E-state index in [1.165, 1.54) is 23.1 Å². The Labute approximate surface area is 191 Å². The lowest BCUT2D eigenvalue weighted by Crippen LogP contribution is -2.35. The van der Waals surface area contributed by atoms with Gasteiger partial charge in [0.15, 0.2) is 0 Å². The minimum Gasteiger partial charge on any atom is -0.507 e. The second-order valence-electron chi connectivity index (χ2n) is 8.16. The number of ketones is 1. The van der Waals surface area contributed by atoms with Crippen molar-refractivity contribution in [2.24, 2.45) is 0 Å². The third-order valence-corrected chi connectivity index (χ3v) is 5.68. The number of esters is 1. The highest BCUT2D eigenvalue weighted by Gasteiger charge is 2.47. The molecule has 33 heavy (non-hydrogen) atoms. The van der Waals surface area contributed by atoms with Crippen LogP contribution in [0.25, 0.3) is 5.76 Å². The quantitative estimate of drug-likeness (QED) is 0.287. The number of carbonyl (C=O) groups is 3. The average Bonchev–Trinajstić information content (AvgIpc) is 3.19. The van der Waals surface area contributed by atoms with Crippen molar-refractivity contribution in [3.8, 4) is 0 Å². The minimum absolute atomic E-state index is 0.105. The number of H-pyrrole nitrogens is 1. The second kappa shape index (κ2) is 9.58. The van der Waals surface area contributed by atoms with E-state index in [9.17, 15) is 23.9 Å². The van der Waals surface area contributed by atoms with Gasteiger partial charge >= 0.3 is 5.97 Å². The summed E-state index contributed by atoms with van der Waals surface area (Å²) in [6.45, 7) is 5.67. The molecule has 3 rings (SSSR count). The van der Waals surface area contributed by atoms with Crippen LogP contribution in [-0.4, -0.2) is 71.3 Å². The standard InChI is InChI=1S/C24H28FN3O5/c1-6-33-24(32)19-13(2)17(14(3)26-19)21(29)18-20(15-9-7-8-10-16(15)25)28(12-11-27(4)5)23(31)22(18)30/h7-10,20,26,29H,6,11-12H2,1-5H3/b21-18-. The van der Waals surface area contributed by atoms with Crippen LogP contribution in [0.5, 0.6) is 0 Å². The second-order valence-corrected chi connectivity index (χ2v) is 8.16. The predicted octanol–water partition coefficient (Wildman–Crippen LogP) is 2.93. The summed E-state index contributed by atoms with van der Waals surface area (Å²) in [4.78, 5) is 44.3. The molecule has 2 aromatic rings. The molecule has 1 fully saturated rings. The van der Waals surface area contributed by atoms with E-state index in [1.807, 2.05) is 19.0 Å². The normalized spacial score (nSPS) is 17.8. The van der Waals surface area contributed by atoms with Gasteiger partial charge in [-0.25, -0.2) is 9.18 Å². The maximum Gasteiger partial charge on any atom is 0.355 e. The first-order valence-electron chi connectivity index (χ1n) is 10.6. The molecular formula is C24H28FN3O5. The number of aromatic nitrogens is 1. The fourth-order valence-corrected chi connectivity index (χ4v) is 4.09. The summed E-state index contributed by atoms with van der Waals surface area (Å²) in [5.41, 5.74) is 1.03. The zero-order valence-corrected chi connectivity index (χ0v) is 19.4. The first kappa shape index (κ1) is 24.2. The number of aromatic amines is 1. The van der Waals surface area contributed by atoms with Gasteiger partial charge in [-0.15, -0.1) is 0 Å². The number of aryl methyl sites for hydroxylation is 1. The number of nitrogens with zero attached hydrogens (tertiary/aromatic N) is 2. The van der Waals surface area contributed by atoms with Gasteiger partial charge in [-0.1, -0.05) is 18.2 Å². The van der Waals surface area contributed by atoms with Crippen LogP contribution >= 0.6 is 0 Å². The number of rotatable bonds is 7. The fraction of sp³-hybridized carbons (Fsp3) is 0.375. The summed E-state index contributed by atoms with van der Waals surface area (Å²) < 4.78 is 19.9. The highest BCUT2D eigenvalue weighted by molar-refractivity contribution is 6.46. The first-order chi connectivity index (χ1) is 15.6. The molecule has 176 valence electrons. The summed E-state index contributed by atoms with van der Waals surface area (Å²) >= 11 is 0. The fourth-order valence-electron chi connectivity index (χ4n) is 4.09. The number of hydrogen-bond acceptors (Lipinski definition) is 6. The van der Waals surface area contributed by atoms with Crippen molar-refractivity contribution in [1.82, 2.24) is 14.8 Å². The van der Waals surface area contributed by atoms with Gasteiger partial charge in [0, 0.05) is 29.9 Å². The van der Waals surface area contributed by atoms with Gasteiger partial charge < -0.3 is 24.6 Å². The van der Waals surface area contributed by atoms with Crippen LogP contribution in [0.15, 0.2) is 29.8 Å². The van der Waals surface area contributed by atoms with Crippen LogP contribution in [0.2, 0.25) is 0 Å². The number of nitrogens with one attached hydrogen (secondary N) is 1. The Morgan fingerprint density at radius 3 is 2.52 bits per heavy atom. The van der Waals surface area contributed by atoms with Gasteiger partial charge in [-0.3, -0.25) is 9.59 Å². The van der Waals surface area contributed by atoms with Crippen molar-refractivity contribution in [2.45, 2.75) is 26.8 Å². The molecule has 1 aromatic carbocycles. The average molecular weight is 458 g/mol. The molecular weight excluding hydrogens is 429 g/mol. The first-order valence-corrected chi connectivity index (χ1v) is 10.6.